The molecule has 0 aliphatic carbocycles. The number of nitrogens with one attached hydrogen (secondary N) is 1. The average Bonchev–Trinajstić information content (AvgIpc) is 2.03. The van der Waals surface area contributed by atoms with E-state index in [9.17, 15) is 0 Å². The maximum Gasteiger partial charge on any atom is 0.0343 e. The van der Waals surface area contributed by atoms with Gasteiger partial charge in [-0.25, -0.2) is 0 Å². The zero-order valence-corrected chi connectivity index (χ0v) is 8.67. The van der Waals surface area contributed by atoms with Crippen LogP contribution in [0.4, 0.5) is 5.69 Å². The quantitative estimate of drug-likeness (QED) is 0.758. The van der Waals surface area contributed by atoms with Crippen LogP contribution in [0.5, 0.6) is 0 Å². The Hall–Kier alpha value is -1.02. The molecule has 2 heteroatoms. The Balaban J connectivity index is 2.37. The van der Waals surface area contributed by atoms with Crippen LogP contribution in [0.1, 0.15) is 5.56 Å². The Kier molecular flexibility index (Phi) is 3.77. The molecule has 0 heterocycles. The van der Waals surface area contributed by atoms with Crippen molar-refractivity contribution in [3.8, 4) is 0 Å². The molecule has 0 aliphatic heterocycles. The molecule has 1 rings (SSSR count). The first-order valence-electron chi connectivity index (χ1n) is 4.64. The van der Waals surface area contributed by atoms with Crippen LogP contribution in [0, 0.1) is 6.92 Å². The lowest BCUT2D eigenvalue weighted by atomic mass is 10.2. The summed E-state index contributed by atoms with van der Waals surface area (Å²) in [7, 11) is 4.16. The molecule has 0 aromatic heterocycles. The maximum absolute atomic E-state index is 3.38. The highest BCUT2D eigenvalue weighted by atomic mass is 15.1. The second-order valence-corrected chi connectivity index (χ2v) is 3.60. The van der Waals surface area contributed by atoms with E-state index in [1.165, 1.54) is 11.3 Å². The third-order valence-electron chi connectivity index (χ3n) is 1.91. The van der Waals surface area contributed by atoms with E-state index in [4.69, 9.17) is 0 Å². The number of anilines is 1. The van der Waals surface area contributed by atoms with E-state index < -0.39 is 0 Å². The van der Waals surface area contributed by atoms with Crippen LogP contribution in [0.25, 0.3) is 0 Å². The number of hydrogen-bond donors (Lipinski definition) is 1. The molecule has 0 atom stereocenters. The van der Waals surface area contributed by atoms with Crippen LogP contribution >= 0.6 is 0 Å². The van der Waals surface area contributed by atoms with Gasteiger partial charge in [0.2, 0.25) is 0 Å². The van der Waals surface area contributed by atoms with Crippen molar-refractivity contribution in [2.75, 3.05) is 32.5 Å². The van der Waals surface area contributed by atoms with Gasteiger partial charge >= 0.3 is 0 Å². The lowest BCUT2D eigenvalue weighted by Gasteiger charge is -2.11. The van der Waals surface area contributed by atoms with E-state index in [1.807, 2.05) is 0 Å². The number of hydrogen-bond acceptors (Lipinski definition) is 2. The third kappa shape index (κ3) is 3.95. The predicted molar refractivity (Wildman–Crippen MR) is 58.2 cm³/mol. The van der Waals surface area contributed by atoms with Crippen molar-refractivity contribution in [2.45, 2.75) is 6.92 Å². The second kappa shape index (κ2) is 4.87. The minimum Gasteiger partial charge on any atom is -0.384 e. The van der Waals surface area contributed by atoms with Gasteiger partial charge in [-0.05, 0) is 38.7 Å². The van der Waals surface area contributed by atoms with Gasteiger partial charge in [-0.15, -0.1) is 0 Å². The summed E-state index contributed by atoms with van der Waals surface area (Å²) in [5.41, 5.74) is 2.51. The normalized spacial score (nSPS) is 10.5. The zero-order chi connectivity index (χ0) is 9.68. The van der Waals surface area contributed by atoms with E-state index in [0.29, 0.717) is 0 Å². The summed E-state index contributed by atoms with van der Waals surface area (Å²) in [6, 6.07) is 8.45. The molecule has 0 bridgehead atoms. The van der Waals surface area contributed by atoms with Gasteiger partial charge in [0.05, 0.1) is 0 Å². The van der Waals surface area contributed by atoms with Gasteiger partial charge in [-0.2, -0.15) is 0 Å². The molecule has 72 valence electrons. The number of benzene rings is 1. The lowest BCUT2D eigenvalue weighted by molar-refractivity contribution is 0.425. The molecule has 1 aromatic carbocycles. The molecular weight excluding hydrogens is 160 g/mol. The predicted octanol–water partition coefficient (Wildman–Crippen LogP) is 1.97. The van der Waals surface area contributed by atoms with Gasteiger partial charge in [-0.1, -0.05) is 12.1 Å². The van der Waals surface area contributed by atoms with Gasteiger partial charge in [0.25, 0.3) is 0 Å². The summed E-state index contributed by atoms with van der Waals surface area (Å²) in [6.45, 7) is 4.17. The van der Waals surface area contributed by atoms with E-state index in [-0.39, 0.29) is 0 Å². The number of nitrogens with zero attached hydrogens (tertiary/aromatic N) is 1. The van der Waals surface area contributed by atoms with Gasteiger partial charge in [0.15, 0.2) is 0 Å². The molecule has 0 radical (unpaired) electrons. The maximum atomic E-state index is 3.38. The molecule has 1 N–H and O–H groups in total. The van der Waals surface area contributed by atoms with Crippen molar-refractivity contribution in [3.05, 3.63) is 29.8 Å². The molecule has 0 amide bonds. The molecule has 0 aliphatic rings. The highest BCUT2D eigenvalue weighted by Crippen LogP contribution is 2.08. The Bertz CT molecular complexity index is 256. The van der Waals surface area contributed by atoms with Crippen LogP contribution in [0.3, 0.4) is 0 Å². The molecule has 0 fully saturated rings. The smallest absolute Gasteiger partial charge is 0.0343 e. The van der Waals surface area contributed by atoms with Crippen molar-refractivity contribution >= 4 is 5.69 Å². The second-order valence-electron chi connectivity index (χ2n) is 3.60. The first-order chi connectivity index (χ1) is 6.18. The largest absolute Gasteiger partial charge is 0.384 e. The van der Waals surface area contributed by atoms with Gasteiger partial charge in [-0.3, -0.25) is 0 Å². The van der Waals surface area contributed by atoms with E-state index >= 15 is 0 Å². The van der Waals surface area contributed by atoms with E-state index in [1.54, 1.807) is 0 Å². The van der Waals surface area contributed by atoms with Crippen molar-refractivity contribution in [1.29, 1.82) is 0 Å². The fourth-order valence-electron chi connectivity index (χ4n) is 1.18. The van der Waals surface area contributed by atoms with Crippen molar-refractivity contribution < 1.29 is 0 Å². The molecule has 0 saturated heterocycles. The molecule has 2 nitrogen and oxygen atoms in total. The Morgan fingerprint density at radius 2 is 2.08 bits per heavy atom. The highest BCUT2D eigenvalue weighted by molar-refractivity contribution is 5.45. The zero-order valence-electron chi connectivity index (χ0n) is 8.67. The molecular formula is C11H18N2. The van der Waals surface area contributed by atoms with Crippen LogP contribution < -0.4 is 5.32 Å². The van der Waals surface area contributed by atoms with Crippen molar-refractivity contribution in [3.63, 3.8) is 0 Å². The van der Waals surface area contributed by atoms with E-state index in [0.717, 1.165) is 13.1 Å². The minimum absolute atomic E-state index is 0.996. The lowest BCUT2D eigenvalue weighted by Crippen LogP contribution is -2.20. The summed E-state index contributed by atoms with van der Waals surface area (Å²) in [4.78, 5) is 2.17. The van der Waals surface area contributed by atoms with Crippen LogP contribution in [-0.4, -0.2) is 32.1 Å². The first-order valence-corrected chi connectivity index (χ1v) is 4.64. The minimum atomic E-state index is 0.996. The Morgan fingerprint density at radius 3 is 2.69 bits per heavy atom. The Morgan fingerprint density at radius 1 is 1.31 bits per heavy atom. The fourth-order valence-corrected chi connectivity index (χ4v) is 1.18. The fraction of sp³-hybridized carbons (Fsp3) is 0.455. The summed E-state index contributed by atoms with van der Waals surface area (Å²) in [6.07, 6.45) is 0. The summed E-state index contributed by atoms with van der Waals surface area (Å²) >= 11 is 0. The SMILES string of the molecule is Cc1cccc(NCCN(C)C)c1. The van der Waals surface area contributed by atoms with Crippen LogP contribution in [0.15, 0.2) is 24.3 Å². The molecule has 0 saturated carbocycles. The molecule has 0 spiro atoms. The summed E-state index contributed by atoms with van der Waals surface area (Å²) in [5, 5.41) is 3.38. The number of aryl methyl sites for hydroxylation is 1. The van der Waals surface area contributed by atoms with E-state index in [2.05, 4.69) is 55.5 Å². The molecule has 0 unspecified atom stereocenters. The van der Waals surface area contributed by atoms with Crippen molar-refractivity contribution in [2.24, 2.45) is 0 Å². The van der Waals surface area contributed by atoms with Crippen molar-refractivity contribution in [1.82, 2.24) is 4.90 Å². The average molecular weight is 178 g/mol. The van der Waals surface area contributed by atoms with Gasteiger partial charge in [0.1, 0.15) is 0 Å². The first kappa shape index (κ1) is 10.1. The number of rotatable bonds is 4. The summed E-state index contributed by atoms with van der Waals surface area (Å²) < 4.78 is 0. The third-order valence-corrected chi connectivity index (χ3v) is 1.91. The van der Waals surface area contributed by atoms with Crippen LogP contribution in [0.2, 0.25) is 0 Å². The monoisotopic (exact) mass is 178 g/mol. The topological polar surface area (TPSA) is 15.3 Å². The Labute approximate surface area is 80.6 Å². The van der Waals surface area contributed by atoms with Gasteiger partial charge < -0.3 is 10.2 Å². The molecule has 1 aromatic rings. The van der Waals surface area contributed by atoms with Gasteiger partial charge in [0, 0.05) is 18.8 Å². The summed E-state index contributed by atoms with van der Waals surface area (Å²) in [5.74, 6) is 0. The molecule has 13 heavy (non-hydrogen) atoms. The number of likely N-dealkylation sites (N-methyl/N-ethyl adjacent to an activating group) is 1. The standard InChI is InChI=1S/C11H18N2/c1-10-5-4-6-11(9-10)12-7-8-13(2)3/h4-6,9,12H,7-8H2,1-3H3. The van der Waals surface area contributed by atoms with Crippen LogP contribution in [-0.2, 0) is 0 Å². The highest BCUT2D eigenvalue weighted by Gasteiger charge is 1.92.